The van der Waals surface area contributed by atoms with Crippen LogP contribution >= 0.6 is 11.6 Å². The van der Waals surface area contributed by atoms with Gasteiger partial charge in [0.15, 0.2) is 27.2 Å². The molecule has 0 atom stereocenters. The molecule has 194 valence electrons. The summed E-state index contributed by atoms with van der Waals surface area (Å²) in [5.41, 5.74) is 10.6. The van der Waals surface area contributed by atoms with E-state index in [0.29, 0.717) is 34.0 Å². The number of nitrogen functional groups attached to an aromatic ring is 1. The van der Waals surface area contributed by atoms with Crippen LogP contribution in [0.5, 0.6) is 11.5 Å². The van der Waals surface area contributed by atoms with E-state index in [2.05, 4.69) is 5.10 Å². The van der Waals surface area contributed by atoms with Gasteiger partial charge in [0.1, 0.15) is 11.6 Å². The van der Waals surface area contributed by atoms with Crippen LogP contribution in [0.4, 0.5) is 10.2 Å². The second kappa shape index (κ2) is 9.74. The van der Waals surface area contributed by atoms with Gasteiger partial charge in [0.05, 0.1) is 23.2 Å². The molecule has 4 aromatic rings. The van der Waals surface area contributed by atoms with E-state index >= 15 is 0 Å². The minimum atomic E-state index is -3.26. The van der Waals surface area contributed by atoms with E-state index in [4.69, 9.17) is 22.1 Å². The summed E-state index contributed by atoms with van der Waals surface area (Å²) in [6.45, 7) is 1.83. The second-order valence-corrected chi connectivity index (χ2v) is 11.8. The second-order valence-electron chi connectivity index (χ2n) is 9.22. The van der Waals surface area contributed by atoms with Crippen molar-refractivity contribution in [1.29, 1.82) is 0 Å². The Bertz CT molecular complexity index is 1740. The molecule has 3 aromatic carbocycles. The molecule has 0 bridgehead atoms. The Morgan fingerprint density at radius 1 is 1.18 bits per heavy atom. The first-order valence-electron chi connectivity index (χ1n) is 11.6. The van der Waals surface area contributed by atoms with Crippen LogP contribution in [0.2, 0.25) is 5.02 Å². The van der Waals surface area contributed by atoms with Crippen LogP contribution in [0.3, 0.4) is 0 Å². The fourth-order valence-corrected chi connectivity index (χ4v) is 5.56. The Kier molecular flexibility index (Phi) is 6.58. The molecule has 10 heteroatoms. The zero-order valence-electron chi connectivity index (χ0n) is 20.5. The third-order valence-corrected chi connectivity index (χ3v) is 7.43. The number of anilines is 1. The molecule has 38 heavy (non-hydrogen) atoms. The van der Waals surface area contributed by atoms with E-state index in [1.54, 1.807) is 54.6 Å². The number of carbonyl (C=O) groups excluding carboxylic acids is 1. The van der Waals surface area contributed by atoms with Gasteiger partial charge in [-0.25, -0.2) is 17.5 Å². The third-order valence-electron chi connectivity index (χ3n) is 6.24. The highest BCUT2D eigenvalue weighted by Gasteiger charge is 2.25. The SMILES string of the molecule is Cc1cc(Oc2ccccc2F)ccc1-n1ncc(C(=O)C2=Cc3cc(Cl)c(CS(C)(=O)=O)cc3C2)c1N. The number of aryl methyl sites for hydroxylation is 1. The smallest absolute Gasteiger partial charge is 0.194 e. The van der Waals surface area contributed by atoms with Crippen molar-refractivity contribution in [3.05, 3.63) is 105 Å². The molecule has 0 radical (unpaired) electrons. The summed E-state index contributed by atoms with van der Waals surface area (Å²) in [7, 11) is -3.26. The number of halogens is 2. The van der Waals surface area contributed by atoms with Gasteiger partial charge in [0.2, 0.25) is 0 Å². The van der Waals surface area contributed by atoms with Gasteiger partial charge in [0, 0.05) is 23.3 Å². The average Bonchev–Trinajstić information content (AvgIpc) is 3.43. The molecule has 0 amide bonds. The number of carbonyl (C=O) groups is 1. The number of hydrogen-bond acceptors (Lipinski definition) is 6. The molecule has 0 fully saturated rings. The summed E-state index contributed by atoms with van der Waals surface area (Å²) in [5.74, 6) is -0.184. The summed E-state index contributed by atoms with van der Waals surface area (Å²) in [6.07, 6.45) is 4.64. The number of aromatic nitrogens is 2. The van der Waals surface area contributed by atoms with Crippen LogP contribution < -0.4 is 10.5 Å². The number of benzene rings is 3. The van der Waals surface area contributed by atoms with Crippen LogP contribution in [0.1, 0.15) is 32.6 Å². The summed E-state index contributed by atoms with van der Waals surface area (Å²) >= 11 is 6.29. The molecule has 1 aliphatic rings. The number of allylic oxidation sites excluding steroid dienone is 1. The van der Waals surface area contributed by atoms with Crippen molar-refractivity contribution in [3.8, 4) is 17.2 Å². The maximum Gasteiger partial charge on any atom is 0.194 e. The van der Waals surface area contributed by atoms with E-state index in [9.17, 15) is 17.6 Å². The fourth-order valence-electron chi connectivity index (χ4n) is 4.44. The number of rotatable bonds is 7. The first kappa shape index (κ1) is 25.7. The van der Waals surface area contributed by atoms with Gasteiger partial charge in [0.25, 0.3) is 0 Å². The Morgan fingerprint density at radius 2 is 1.95 bits per heavy atom. The van der Waals surface area contributed by atoms with Crippen molar-refractivity contribution in [2.24, 2.45) is 0 Å². The number of para-hydroxylation sites is 1. The van der Waals surface area contributed by atoms with Crippen molar-refractivity contribution in [3.63, 3.8) is 0 Å². The Balaban J connectivity index is 1.38. The number of sulfone groups is 1. The van der Waals surface area contributed by atoms with Crippen molar-refractivity contribution < 1.29 is 22.3 Å². The Hall–Kier alpha value is -3.95. The number of fused-ring (bicyclic) bond motifs is 1. The van der Waals surface area contributed by atoms with Crippen molar-refractivity contribution in [2.75, 3.05) is 12.0 Å². The number of nitrogens with zero attached hydrogens (tertiary/aromatic N) is 2. The van der Waals surface area contributed by atoms with Crippen molar-refractivity contribution in [2.45, 2.75) is 19.1 Å². The molecular formula is C28H23ClFN3O4S. The molecule has 0 unspecified atom stereocenters. The van der Waals surface area contributed by atoms with Crippen LogP contribution in [0.25, 0.3) is 11.8 Å². The van der Waals surface area contributed by atoms with Gasteiger partial charge >= 0.3 is 0 Å². The van der Waals surface area contributed by atoms with Crippen LogP contribution in [0.15, 0.2) is 66.4 Å². The molecule has 0 aliphatic heterocycles. The lowest BCUT2D eigenvalue weighted by atomic mass is 10.0. The lowest BCUT2D eigenvalue weighted by Crippen LogP contribution is -2.09. The monoisotopic (exact) mass is 551 g/mol. The predicted molar refractivity (Wildman–Crippen MR) is 145 cm³/mol. The molecule has 5 rings (SSSR count). The fraction of sp³-hybridized carbons (Fsp3) is 0.143. The number of ether oxygens (including phenoxy) is 1. The minimum Gasteiger partial charge on any atom is -0.454 e. The van der Waals surface area contributed by atoms with Crippen LogP contribution in [-0.2, 0) is 22.0 Å². The van der Waals surface area contributed by atoms with Crippen molar-refractivity contribution >= 4 is 39.1 Å². The number of Topliss-reactive ketones (excluding diaryl/α,β-unsaturated/α-hetero) is 1. The van der Waals surface area contributed by atoms with Gasteiger partial charge in [-0.1, -0.05) is 29.8 Å². The highest BCUT2D eigenvalue weighted by Crippen LogP contribution is 2.34. The van der Waals surface area contributed by atoms with Gasteiger partial charge in [-0.2, -0.15) is 5.10 Å². The summed E-state index contributed by atoms with van der Waals surface area (Å²) in [6, 6.07) is 14.7. The average molecular weight is 552 g/mol. The standard InChI is InChI=1S/C28H23ClFN3O4S/c1-16-9-21(37-26-6-4-3-5-24(26)30)7-8-25(16)33-28(31)22(14-32-33)27(34)19-10-17-12-20(15-38(2,35)36)23(29)13-18(17)11-19/h3-9,11-14H,10,15,31H2,1-2H3. The van der Waals surface area contributed by atoms with Crippen molar-refractivity contribution in [1.82, 2.24) is 9.78 Å². The van der Waals surface area contributed by atoms with E-state index in [0.717, 1.165) is 22.9 Å². The zero-order chi connectivity index (χ0) is 27.2. The molecule has 7 nitrogen and oxygen atoms in total. The molecule has 0 saturated carbocycles. The van der Waals surface area contributed by atoms with Gasteiger partial charge in [-0.3, -0.25) is 4.79 Å². The Morgan fingerprint density at radius 3 is 2.66 bits per heavy atom. The van der Waals surface area contributed by atoms with Gasteiger partial charge in [-0.15, -0.1) is 0 Å². The molecular weight excluding hydrogens is 529 g/mol. The number of nitrogens with two attached hydrogens (primary N) is 1. The first-order chi connectivity index (χ1) is 18.0. The third kappa shape index (κ3) is 5.07. The van der Waals surface area contributed by atoms with E-state index < -0.39 is 15.7 Å². The van der Waals surface area contributed by atoms with E-state index in [1.165, 1.54) is 16.9 Å². The molecule has 0 spiro atoms. The molecule has 1 aromatic heterocycles. The highest BCUT2D eigenvalue weighted by molar-refractivity contribution is 7.89. The topological polar surface area (TPSA) is 104 Å². The maximum atomic E-state index is 13.9. The summed E-state index contributed by atoms with van der Waals surface area (Å²) < 4.78 is 44.5. The molecule has 1 aliphatic carbocycles. The normalized spacial score (nSPS) is 12.8. The largest absolute Gasteiger partial charge is 0.454 e. The van der Waals surface area contributed by atoms with Gasteiger partial charge in [-0.05, 0) is 71.7 Å². The lowest BCUT2D eigenvalue weighted by Gasteiger charge is -2.12. The number of hydrogen-bond donors (Lipinski definition) is 1. The van der Waals surface area contributed by atoms with Gasteiger partial charge < -0.3 is 10.5 Å². The highest BCUT2D eigenvalue weighted by atomic mass is 35.5. The quantitative estimate of drug-likeness (QED) is 0.295. The molecule has 2 N–H and O–H groups in total. The minimum absolute atomic E-state index is 0.113. The molecule has 1 heterocycles. The van der Waals surface area contributed by atoms with E-state index in [-0.39, 0.29) is 28.7 Å². The Labute approximate surface area is 224 Å². The first-order valence-corrected chi connectivity index (χ1v) is 14.0. The van der Waals surface area contributed by atoms with Crippen LogP contribution in [0, 0.1) is 12.7 Å². The molecule has 0 saturated heterocycles. The van der Waals surface area contributed by atoms with Crippen LogP contribution in [-0.4, -0.2) is 30.2 Å². The summed E-state index contributed by atoms with van der Waals surface area (Å²) in [4.78, 5) is 13.4. The number of ketones is 1. The van der Waals surface area contributed by atoms with E-state index in [1.807, 2.05) is 6.92 Å². The predicted octanol–water partition coefficient (Wildman–Crippen LogP) is 5.71. The zero-order valence-corrected chi connectivity index (χ0v) is 22.1. The lowest BCUT2D eigenvalue weighted by molar-refractivity contribution is 0.103. The summed E-state index contributed by atoms with van der Waals surface area (Å²) in [5, 5.41) is 4.68. The maximum absolute atomic E-state index is 13.9.